The number of carbonyl (C=O) groups excluding carboxylic acids is 1. The first-order valence-electron chi connectivity index (χ1n) is 7.56. The summed E-state index contributed by atoms with van der Waals surface area (Å²) in [5, 5.41) is 15.2. The summed E-state index contributed by atoms with van der Waals surface area (Å²) in [6.45, 7) is 1.83. The van der Waals surface area contributed by atoms with Crippen molar-refractivity contribution >= 4 is 16.7 Å². The van der Waals surface area contributed by atoms with Gasteiger partial charge in [0, 0.05) is 18.5 Å². The number of fused-ring (bicyclic) bond motifs is 1. The van der Waals surface area contributed by atoms with Crippen molar-refractivity contribution in [3.05, 3.63) is 72.2 Å². The molecular formula is C19H19NO3. The monoisotopic (exact) mass is 309 g/mol. The molecule has 3 aromatic rings. The van der Waals surface area contributed by atoms with Gasteiger partial charge in [-0.3, -0.25) is 4.79 Å². The predicted molar refractivity (Wildman–Crippen MR) is 89.3 cm³/mol. The van der Waals surface area contributed by atoms with Crippen LogP contribution in [0.5, 0.6) is 0 Å². The Balaban J connectivity index is 1.71. The summed E-state index contributed by atoms with van der Waals surface area (Å²) in [5.74, 6) is 0.496. The van der Waals surface area contributed by atoms with Crippen molar-refractivity contribution in [2.45, 2.75) is 18.9 Å². The minimum Gasteiger partial charge on any atom is -0.469 e. The van der Waals surface area contributed by atoms with E-state index in [2.05, 4.69) is 5.32 Å². The fraction of sp³-hybridized carbons (Fsp3) is 0.211. The largest absolute Gasteiger partial charge is 0.469 e. The van der Waals surface area contributed by atoms with Gasteiger partial charge >= 0.3 is 0 Å². The second kappa shape index (κ2) is 6.26. The molecule has 0 saturated heterocycles. The lowest BCUT2D eigenvalue weighted by molar-refractivity contribution is 0.0510. The molecule has 2 N–H and O–H groups in total. The molecule has 0 bridgehead atoms. The molecule has 0 radical (unpaired) electrons. The molecule has 0 aliphatic carbocycles. The molecule has 1 aromatic heterocycles. The Morgan fingerprint density at radius 2 is 1.91 bits per heavy atom. The number of amides is 1. The van der Waals surface area contributed by atoms with Gasteiger partial charge in [-0.1, -0.05) is 36.4 Å². The van der Waals surface area contributed by atoms with Crippen molar-refractivity contribution in [2.75, 3.05) is 6.54 Å². The Morgan fingerprint density at radius 3 is 2.70 bits per heavy atom. The predicted octanol–water partition coefficient (Wildman–Crippen LogP) is 3.16. The lowest BCUT2D eigenvalue weighted by Gasteiger charge is -2.22. The van der Waals surface area contributed by atoms with Gasteiger partial charge in [0.1, 0.15) is 5.76 Å². The van der Waals surface area contributed by atoms with Gasteiger partial charge in [0.25, 0.3) is 5.91 Å². The molecule has 118 valence electrons. The van der Waals surface area contributed by atoms with E-state index in [1.807, 2.05) is 36.4 Å². The molecule has 1 unspecified atom stereocenters. The summed E-state index contributed by atoms with van der Waals surface area (Å²) in [6, 6.07) is 17.0. The summed E-state index contributed by atoms with van der Waals surface area (Å²) >= 11 is 0. The van der Waals surface area contributed by atoms with E-state index in [0.717, 1.165) is 10.8 Å². The van der Waals surface area contributed by atoms with Crippen molar-refractivity contribution in [3.8, 4) is 0 Å². The van der Waals surface area contributed by atoms with Crippen LogP contribution in [-0.4, -0.2) is 23.2 Å². The first kappa shape index (κ1) is 15.3. The van der Waals surface area contributed by atoms with E-state index < -0.39 is 5.60 Å². The standard InChI is InChI=1S/C19H19NO3/c1-19(22,12-15-8-5-11-23-15)13-20-18(21)17-10-4-7-14-6-2-3-9-16(14)17/h2-11,22H,12-13H2,1H3,(H,20,21). The quantitative estimate of drug-likeness (QED) is 0.761. The molecule has 0 aliphatic rings. The first-order valence-corrected chi connectivity index (χ1v) is 7.56. The van der Waals surface area contributed by atoms with Crippen LogP contribution < -0.4 is 5.32 Å². The number of hydrogen-bond donors (Lipinski definition) is 2. The SMILES string of the molecule is CC(O)(CNC(=O)c1cccc2ccccc12)Cc1ccco1. The molecular weight excluding hydrogens is 290 g/mol. The van der Waals surface area contributed by atoms with Gasteiger partial charge in [-0.25, -0.2) is 0 Å². The number of aliphatic hydroxyl groups is 1. The molecule has 1 atom stereocenters. The molecule has 1 heterocycles. The minimum absolute atomic E-state index is 0.149. The average molecular weight is 309 g/mol. The maximum Gasteiger partial charge on any atom is 0.252 e. The Hall–Kier alpha value is -2.59. The zero-order chi connectivity index (χ0) is 16.3. The third-order valence-corrected chi connectivity index (χ3v) is 3.80. The molecule has 0 fully saturated rings. The van der Waals surface area contributed by atoms with Crippen LogP contribution in [0.2, 0.25) is 0 Å². The number of carbonyl (C=O) groups is 1. The van der Waals surface area contributed by atoms with E-state index in [-0.39, 0.29) is 12.5 Å². The highest BCUT2D eigenvalue weighted by Crippen LogP contribution is 2.19. The van der Waals surface area contributed by atoms with Gasteiger partial charge in [0.2, 0.25) is 0 Å². The van der Waals surface area contributed by atoms with Gasteiger partial charge in [-0.05, 0) is 35.9 Å². The van der Waals surface area contributed by atoms with E-state index >= 15 is 0 Å². The topological polar surface area (TPSA) is 62.5 Å². The van der Waals surface area contributed by atoms with Crippen LogP contribution in [0.4, 0.5) is 0 Å². The third kappa shape index (κ3) is 3.60. The summed E-state index contributed by atoms with van der Waals surface area (Å²) in [4.78, 5) is 12.5. The van der Waals surface area contributed by atoms with Crippen LogP contribution in [-0.2, 0) is 6.42 Å². The van der Waals surface area contributed by atoms with Crippen molar-refractivity contribution in [2.24, 2.45) is 0 Å². The first-order chi connectivity index (χ1) is 11.1. The number of furan rings is 1. The Kier molecular flexibility index (Phi) is 4.17. The van der Waals surface area contributed by atoms with E-state index in [1.165, 1.54) is 0 Å². The van der Waals surface area contributed by atoms with Crippen molar-refractivity contribution in [1.29, 1.82) is 0 Å². The molecule has 0 saturated carbocycles. The van der Waals surface area contributed by atoms with E-state index in [0.29, 0.717) is 17.7 Å². The maximum atomic E-state index is 12.5. The lowest BCUT2D eigenvalue weighted by atomic mass is 10.00. The van der Waals surface area contributed by atoms with Gasteiger partial charge < -0.3 is 14.8 Å². The number of nitrogens with one attached hydrogen (secondary N) is 1. The fourth-order valence-electron chi connectivity index (χ4n) is 2.64. The highest BCUT2D eigenvalue weighted by molar-refractivity contribution is 6.07. The Bertz CT molecular complexity index is 801. The Labute approximate surface area is 134 Å². The van der Waals surface area contributed by atoms with Gasteiger partial charge in [0.05, 0.1) is 11.9 Å². The highest BCUT2D eigenvalue weighted by atomic mass is 16.3. The van der Waals surface area contributed by atoms with Crippen LogP contribution in [0.25, 0.3) is 10.8 Å². The molecule has 4 heteroatoms. The second-order valence-electron chi connectivity index (χ2n) is 5.96. The smallest absolute Gasteiger partial charge is 0.252 e. The van der Waals surface area contributed by atoms with Gasteiger partial charge in [-0.15, -0.1) is 0 Å². The van der Waals surface area contributed by atoms with E-state index in [1.54, 1.807) is 31.4 Å². The molecule has 2 aromatic carbocycles. The molecule has 23 heavy (non-hydrogen) atoms. The van der Waals surface area contributed by atoms with E-state index in [4.69, 9.17) is 4.42 Å². The van der Waals surface area contributed by atoms with Gasteiger partial charge in [0.15, 0.2) is 0 Å². The normalized spacial score (nSPS) is 13.7. The third-order valence-electron chi connectivity index (χ3n) is 3.80. The maximum absolute atomic E-state index is 12.5. The fourth-order valence-corrected chi connectivity index (χ4v) is 2.64. The molecule has 0 spiro atoms. The summed E-state index contributed by atoms with van der Waals surface area (Å²) in [7, 11) is 0. The van der Waals surface area contributed by atoms with Gasteiger partial charge in [-0.2, -0.15) is 0 Å². The van der Waals surface area contributed by atoms with Crippen molar-refractivity contribution in [3.63, 3.8) is 0 Å². The van der Waals surface area contributed by atoms with Crippen LogP contribution >= 0.6 is 0 Å². The summed E-state index contributed by atoms with van der Waals surface area (Å²) in [5.41, 5.74) is -0.463. The molecule has 1 amide bonds. The average Bonchev–Trinajstić information content (AvgIpc) is 3.04. The number of hydrogen-bond acceptors (Lipinski definition) is 3. The van der Waals surface area contributed by atoms with Crippen molar-refractivity contribution in [1.82, 2.24) is 5.32 Å². The number of benzene rings is 2. The lowest BCUT2D eigenvalue weighted by Crippen LogP contribution is -2.42. The van der Waals surface area contributed by atoms with Crippen LogP contribution in [0.1, 0.15) is 23.0 Å². The van der Waals surface area contributed by atoms with Crippen LogP contribution in [0.3, 0.4) is 0 Å². The van der Waals surface area contributed by atoms with Crippen LogP contribution in [0, 0.1) is 0 Å². The van der Waals surface area contributed by atoms with Crippen molar-refractivity contribution < 1.29 is 14.3 Å². The summed E-state index contributed by atoms with van der Waals surface area (Å²) in [6.07, 6.45) is 1.91. The molecule has 3 rings (SSSR count). The zero-order valence-electron chi connectivity index (χ0n) is 13.0. The Morgan fingerprint density at radius 1 is 1.13 bits per heavy atom. The zero-order valence-corrected chi connectivity index (χ0v) is 13.0. The molecule has 0 aliphatic heterocycles. The van der Waals surface area contributed by atoms with E-state index in [9.17, 15) is 9.90 Å². The second-order valence-corrected chi connectivity index (χ2v) is 5.96. The number of rotatable bonds is 5. The summed E-state index contributed by atoms with van der Waals surface area (Å²) < 4.78 is 5.25. The minimum atomic E-state index is -1.07. The van der Waals surface area contributed by atoms with Crippen LogP contribution in [0.15, 0.2) is 65.3 Å². The molecule has 4 nitrogen and oxygen atoms in total. The highest BCUT2D eigenvalue weighted by Gasteiger charge is 2.23.